The predicted molar refractivity (Wildman–Crippen MR) is 114 cm³/mol. The number of rotatable bonds is 5. The molecule has 0 unspecified atom stereocenters. The second-order valence-corrected chi connectivity index (χ2v) is 9.46. The van der Waals surface area contributed by atoms with Gasteiger partial charge in [0.1, 0.15) is 5.00 Å². The minimum atomic E-state index is -0.983. The maximum Gasteiger partial charge on any atom is 0.339 e. The minimum absolute atomic E-state index is 0.181. The molecule has 4 rings (SSSR count). The van der Waals surface area contributed by atoms with Crippen molar-refractivity contribution in [2.45, 2.75) is 51.0 Å². The number of ether oxygens (including phenoxy) is 1. The average molecular weight is 415 g/mol. The van der Waals surface area contributed by atoms with E-state index in [0.29, 0.717) is 16.6 Å². The molecule has 6 nitrogen and oxygen atoms in total. The minimum Gasteiger partial charge on any atom is -0.478 e. The number of amides is 1. The molecular formula is C22H26N2O4S. The Morgan fingerprint density at radius 1 is 1.17 bits per heavy atom. The number of fused-ring (bicyclic) bond motifs is 1. The molecule has 7 heteroatoms. The number of carboxylic acid groups (broad SMARTS) is 1. The molecule has 0 bridgehead atoms. The highest BCUT2D eigenvalue weighted by Gasteiger charge is 2.38. The van der Waals surface area contributed by atoms with E-state index in [1.807, 2.05) is 12.1 Å². The SMILES string of the molecule is CC1(C)CCc2sc(NC(=O)c3ccc(NC4CCOCC4)cc3)c(C(=O)O)c21. The van der Waals surface area contributed by atoms with Gasteiger partial charge >= 0.3 is 5.97 Å². The second-order valence-electron chi connectivity index (χ2n) is 8.36. The Labute approximate surface area is 174 Å². The monoisotopic (exact) mass is 414 g/mol. The quantitative estimate of drug-likeness (QED) is 0.670. The number of anilines is 2. The van der Waals surface area contributed by atoms with Crippen LogP contribution in [0.25, 0.3) is 0 Å². The summed E-state index contributed by atoms with van der Waals surface area (Å²) in [5.74, 6) is -1.27. The van der Waals surface area contributed by atoms with Crippen molar-refractivity contribution in [1.82, 2.24) is 0 Å². The molecule has 1 aromatic carbocycles. The van der Waals surface area contributed by atoms with Crippen LogP contribution in [-0.2, 0) is 16.6 Å². The van der Waals surface area contributed by atoms with Crippen molar-refractivity contribution in [2.75, 3.05) is 23.8 Å². The van der Waals surface area contributed by atoms with E-state index in [0.717, 1.165) is 55.0 Å². The molecule has 2 aliphatic rings. The molecule has 1 fully saturated rings. The van der Waals surface area contributed by atoms with Crippen LogP contribution in [0.5, 0.6) is 0 Å². The van der Waals surface area contributed by atoms with Gasteiger partial charge in [0.15, 0.2) is 0 Å². The number of nitrogens with one attached hydrogen (secondary N) is 2. The van der Waals surface area contributed by atoms with Crippen LogP contribution < -0.4 is 10.6 Å². The van der Waals surface area contributed by atoms with Gasteiger partial charge in [0.05, 0.1) is 5.56 Å². The van der Waals surface area contributed by atoms with Gasteiger partial charge < -0.3 is 20.5 Å². The van der Waals surface area contributed by atoms with Crippen molar-refractivity contribution < 1.29 is 19.4 Å². The molecule has 2 heterocycles. The molecule has 154 valence electrons. The van der Waals surface area contributed by atoms with Gasteiger partial charge in [-0.1, -0.05) is 13.8 Å². The summed E-state index contributed by atoms with van der Waals surface area (Å²) in [6.45, 7) is 5.67. The smallest absolute Gasteiger partial charge is 0.339 e. The largest absolute Gasteiger partial charge is 0.478 e. The van der Waals surface area contributed by atoms with E-state index in [2.05, 4.69) is 24.5 Å². The number of carboxylic acids is 1. The lowest BCUT2D eigenvalue weighted by atomic mass is 9.85. The van der Waals surface area contributed by atoms with E-state index in [4.69, 9.17) is 4.74 Å². The Bertz CT molecular complexity index is 927. The van der Waals surface area contributed by atoms with E-state index in [1.165, 1.54) is 11.3 Å². The summed E-state index contributed by atoms with van der Waals surface area (Å²) in [6.07, 6.45) is 3.74. The van der Waals surface area contributed by atoms with Crippen LogP contribution in [0.1, 0.15) is 64.3 Å². The first kappa shape index (κ1) is 19.9. The van der Waals surface area contributed by atoms with Crippen molar-refractivity contribution in [3.05, 3.63) is 45.8 Å². The number of hydrogen-bond acceptors (Lipinski definition) is 5. The number of benzene rings is 1. The van der Waals surface area contributed by atoms with E-state index in [9.17, 15) is 14.7 Å². The summed E-state index contributed by atoms with van der Waals surface area (Å²) in [7, 11) is 0. The second kappa shape index (κ2) is 7.80. The number of aryl methyl sites for hydroxylation is 1. The van der Waals surface area contributed by atoms with E-state index < -0.39 is 5.97 Å². The number of hydrogen-bond donors (Lipinski definition) is 3. The Morgan fingerprint density at radius 2 is 1.86 bits per heavy atom. The third-order valence-corrected chi connectivity index (χ3v) is 6.98. The summed E-state index contributed by atoms with van der Waals surface area (Å²) < 4.78 is 5.37. The summed E-state index contributed by atoms with van der Waals surface area (Å²) >= 11 is 1.39. The molecule has 0 radical (unpaired) electrons. The van der Waals surface area contributed by atoms with Crippen LogP contribution in [0.3, 0.4) is 0 Å². The highest BCUT2D eigenvalue weighted by atomic mass is 32.1. The molecule has 0 spiro atoms. The molecule has 1 aliphatic carbocycles. The van der Waals surface area contributed by atoms with Crippen molar-refractivity contribution in [2.24, 2.45) is 0 Å². The normalized spacial score (nSPS) is 18.3. The van der Waals surface area contributed by atoms with Gasteiger partial charge in [-0.2, -0.15) is 0 Å². The van der Waals surface area contributed by atoms with E-state index in [-0.39, 0.29) is 16.9 Å². The van der Waals surface area contributed by atoms with Gasteiger partial charge in [-0.3, -0.25) is 4.79 Å². The third kappa shape index (κ3) is 4.02. The first-order valence-electron chi connectivity index (χ1n) is 10.0. The fraction of sp³-hybridized carbons (Fsp3) is 0.455. The van der Waals surface area contributed by atoms with E-state index >= 15 is 0 Å². The van der Waals surface area contributed by atoms with Crippen LogP contribution in [0.2, 0.25) is 0 Å². The number of thiophene rings is 1. The van der Waals surface area contributed by atoms with Gasteiger partial charge in [-0.25, -0.2) is 4.79 Å². The fourth-order valence-electron chi connectivity index (χ4n) is 4.18. The lowest BCUT2D eigenvalue weighted by Crippen LogP contribution is -2.27. The zero-order chi connectivity index (χ0) is 20.6. The lowest BCUT2D eigenvalue weighted by molar-refractivity contribution is 0.0696. The molecule has 1 amide bonds. The Hall–Kier alpha value is -2.38. The van der Waals surface area contributed by atoms with Gasteiger partial charge in [0.2, 0.25) is 0 Å². The molecule has 29 heavy (non-hydrogen) atoms. The highest BCUT2D eigenvalue weighted by Crippen LogP contribution is 2.48. The number of carbonyl (C=O) groups excluding carboxylic acids is 1. The zero-order valence-electron chi connectivity index (χ0n) is 16.7. The average Bonchev–Trinajstić information content (AvgIpc) is 3.20. The number of aromatic carboxylic acids is 1. The molecular weight excluding hydrogens is 388 g/mol. The topological polar surface area (TPSA) is 87.7 Å². The Kier molecular flexibility index (Phi) is 5.36. The van der Waals surface area contributed by atoms with Gasteiger partial charge in [-0.15, -0.1) is 11.3 Å². The Balaban J connectivity index is 1.49. The summed E-state index contributed by atoms with van der Waals surface area (Å²) in [5.41, 5.74) is 2.42. The summed E-state index contributed by atoms with van der Waals surface area (Å²) in [4.78, 5) is 25.7. The molecule has 1 aliphatic heterocycles. The number of carbonyl (C=O) groups is 2. The van der Waals surface area contributed by atoms with Crippen molar-refractivity contribution >= 4 is 33.9 Å². The summed E-state index contributed by atoms with van der Waals surface area (Å²) in [6, 6.07) is 7.70. The predicted octanol–water partition coefficient (Wildman–Crippen LogP) is 4.51. The van der Waals surface area contributed by atoms with Crippen LogP contribution >= 0.6 is 11.3 Å². The molecule has 1 saturated heterocycles. The van der Waals surface area contributed by atoms with Gasteiger partial charge in [0.25, 0.3) is 5.91 Å². The lowest BCUT2D eigenvalue weighted by Gasteiger charge is -2.24. The fourth-order valence-corrected chi connectivity index (χ4v) is 5.55. The molecule has 3 N–H and O–H groups in total. The zero-order valence-corrected chi connectivity index (χ0v) is 17.5. The molecule has 0 atom stereocenters. The molecule has 2 aromatic rings. The van der Waals surface area contributed by atoms with Gasteiger partial charge in [0, 0.05) is 35.4 Å². The summed E-state index contributed by atoms with van der Waals surface area (Å²) in [5, 5.41) is 16.5. The van der Waals surface area contributed by atoms with Crippen LogP contribution in [0.4, 0.5) is 10.7 Å². The van der Waals surface area contributed by atoms with Crippen LogP contribution in [-0.4, -0.2) is 36.2 Å². The highest BCUT2D eigenvalue weighted by molar-refractivity contribution is 7.17. The standard InChI is InChI=1S/C22H26N2O4S/c1-22(2)10-7-16-18(22)17(21(26)27)20(29-16)24-19(25)13-3-5-14(6-4-13)23-15-8-11-28-12-9-15/h3-6,15,23H,7-12H2,1-2H3,(H,24,25)(H,26,27). The van der Waals surface area contributed by atoms with Crippen molar-refractivity contribution in [1.29, 1.82) is 0 Å². The Morgan fingerprint density at radius 3 is 2.52 bits per heavy atom. The first-order chi connectivity index (χ1) is 13.8. The first-order valence-corrected chi connectivity index (χ1v) is 10.8. The molecule has 0 saturated carbocycles. The maximum atomic E-state index is 12.7. The van der Waals surface area contributed by atoms with Crippen LogP contribution in [0.15, 0.2) is 24.3 Å². The third-order valence-electron chi connectivity index (χ3n) is 5.82. The van der Waals surface area contributed by atoms with Crippen LogP contribution in [0, 0.1) is 0 Å². The van der Waals surface area contributed by atoms with Crippen molar-refractivity contribution in [3.8, 4) is 0 Å². The van der Waals surface area contributed by atoms with Crippen molar-refractivity contribution in [3.63, 3.8) is 0 Å². The molecule has 1 aromatic heterocycles. The van der Waals surface area contributed by atoms with Gasteiger partial charge in [-0.05, 0) is 60.9 Å². The maximum absolute atomic E-state index is 12.7. The van der Waals surface area contributed by atoms with E-state index in [1.54, 1.807) is 12.1 Å².